The molecular weight excluding hydrogens is 352 g/mol. The molecule has 4 rings (SSSR count). The molecule has 1 fully saturated rings. The van der Waals surface area contributed by atoms with Crippen LogP contribution in [0.4, 0.5) is 5.95 Å². The van der Waals surface area contributed by atoms with Gasteiger partial charge in [0.25, 0.3) is 0 Å². The van der Waals surface area contributed by atoms with E-state index in [1.807, 2.05) is 23.6 Å². The van der Waals surface area contributed by atoms with Crippen molar-refractivity contribution < 1.29 is 8.42 Å². The van der Waals surface area contributed by atoms with Crippen LogP contribution in [0.3, 0.4) is 0 Å². The summed E-state index contributed by atoms with van der Waals surface area (Å²) in [6.07, 6.45) is 4.86. The molecule has 2 N–H and O–H groups in total. The van der Waals surface area contributed by atoms with Gasteiger partial charge in [-0.05, 0) is 31.9 Å². The van der Waals surface area contributed by atoms with E-state index in [1.54, 1.807) is 29.0 Å². The van der Waals surface area contributed by atoms with Crippen LogP contribution >= 0.6 is 0 Å². The smallest absolute Gasteiger partial charge is 0.243 e. The minimum Gasteiger partial charge on any atom is -0.368 e. The van der Waals surface area contributed by atoms with Crippen molar-refractivity contribution in [3.63, 3.8) is 0 Å². The molecule has 1 aliphatic rings. The minimum atomic E-state index is -3.53. The number of imidazole rings is 1. The van der Waals surface area contributed by atoms with Crippen molar-refractivity contribution in [1.29, 1.82) is 0 Å². The molecule has 1 aliphatic heterocycles. The topological polar surface area (TPSA) is 107 Å². The molecule has 0 aliphatic carbocycles. The van der Waals surface area contributed by atoms with Crippen LogP contribution in [0.25, 0.3) is 11.2 Å². The third-order valence-corrected chi connectivity index (χ3v) is 6.70. The zero-order chi connectivity index (χ0) is 18.3. The number of rotatable bonds is 4. The maximum absolute atomic E-state index is 13.1. The van der Waals surface area contributed by atoms with E-state index in [1.165, 1.54) is 0 Å². The molecule has 3 heterocycles. The first kappa shape index (κ1) is 16.9. The van der Waals surface area contributed by atoms with Gasteiger partial charge in [-0.25, -0.2) is 18.4 Å². The molecule has 26 heavy (non-hydrogen) atoms. The van der Waals surface area contributed by atoms with Gasteiger partial charge in [-0.1, -0.05) is 17.7 Å². The zero-order valence-electron chi connectivity index (χ0n) is 14.4. The van der Waals surface area contributed by atoms with Gasteiger partial charge in [0.15, 0.2) is 5.65 Å². The van der Waals surface area contributed by atoms with Crippen molar-refractivity contribution >= 4 is 27.1 Å². The van der Waals surface area contributed by atoms with Gasteiger partial charge in [0, 0.05) is 19.1 Å². The molecule has 1 aromatic carbocycles. The second-order valence-electron chi connectivity index (χ2n) is 6.56. The quantitative estimate of drug-likeness (QED) is 0.745. The lowest BCUT2D eigenvalue weighted by molar-refractivity contribution is 0.354. The van der Waals surface area contributed by atoms with Gasteiger partial charge in [0.1, 0.15) is 5.52 Å². The zero-order valence-corrected chi connectivity index (χ0v) is 15.2. The Bertz CT molecular complexity index is 1040. The average Bonchev–Trinajstić information content (AvgIpc) is 3.23. The summed E-state index contributed by atoms with van der Waals surface area (Å²) in [5.74, 6) is 0.176. The first-order valence-corrected chi connectivity index (χ1v) is 9.91. The Kier molecular flexibility index (Phi) is 4.12. The maximum Gasteiger partial charge on any atom is 0.243 e. The largest absolute Gasteiger partial charge is 0.368 e. The number of benzene rings is 1. The molecule has 2 aromatic heterocycles. The number of nitrogens with two attached hydrogens (primary N) is 1. The van der Waals surface area contributed by atoms with Crippen molar-refractivity contribution in [2.45, 2.75) is 37.2 Å². The van der Waals surface area contributed by atoms with Gasteiger partial charge in [-0.2, -0.15) is 9.29 Å². The number of aromatic nitrogens is 4. The van der Waals surface area contributed by atoms with Crippen molar-refractivity contribution in [3.8, 4) is 0 Å². The van der Waals surface area contributed by atoms with Crippen LogP contribution < -0.4 is 5.73 Å². The number of hydrogen-bond acceptors (Lipinski definition) is 6. The molecule has 1 saturated heterocycles. The molecule has 0 saturated carbocycles. The Labute approximate surface area is 151 Å². The Morgan fingerprint density at radius 1 is 1.23 bits per heavy atom. The molecule has 0 spiro atoms. The van der Waals surface area contributed by atoms with E-state index in [4.69, 9.17) is 5.73 Å². The summed E-state index contributed by atoms with van der Waals surface area (Å²) >= 11 is 0. The van der Waals surface area contributed by atoms with E-state index in [0.717, 1.165) is 18.4 Å². The van der Waals surface area contributed by atoms with Gasteiger partial charge in [-0.15, -0.1) is 0 Å². The first-order chi connectivity index (χ1) is 12.4. The molecule has 136 valence electrons. The van der Waals surface area contributed by atoms with E-state index in [9.17, 15) is 8.42 Å². The molecule has 0 radical (unpaired) electrons. The van der Waals surface area contributed by atoms with Crippen molar-refractivity contribution in [1.82, 2.24) is 23.8 Å². The van der Waals surface area contributed by atoms with Gasteiger partial charge < -0.3 is 10.3 Å². The second kappa shape index (κ2) is 6.33. The molecule has 0 bridgehead atoms. The SMILES string of the molecule is Cc1ccc(S(=O)(=O)N2CCC[C@@H]2Cn2cnc3cnc(N)nc32)cc1. The number of nitrogens with zero attached hydrogens (tertiary/aromatic N) is 5. The van der Waals surface area contributed by atoms with E-state index in [-0.39, 0.29) is 12.0 Å². The number of nitrogen functional groups attached to an aromatic ring is 1. The van der Waals surface area contributed by atoms with Gasteiger partial charge in [-0.3, -0.25) is 0 Å². The summed E-state index contributed by atoms with van der Waals surface area (Å²) < 4.78 is 29.6. The summed E-state index contributed by atoms with van der Waals surface area (Å²) in [5.41, 5.74) is 7.97. The highest BCUT2D eigenvalue weighted by atomic mass is 32.2. The van der Waals surface area contributed by atoms with E-state index >= 15 is 0 Å². The Hall–Kier alpha value is -2.52. The summed E-state index contributed by atoms with van der Waals surface area (Å²) in [6.45, 7) is 2.94. The van der Waals surface area contributed by atoms with E-state index in [2.05, 4.69) is 15.0 Å². The van der Waals surface area contributed by atoms with Crippen LogP contribution in [-0.2, 0) is 16.6 Å². The standard InChI is InChI=1S/C17H20N6O2S/c1-12-4-6-14(7-5-12)26(24,25)23-8-2-3-13(23)10-22-11-20-15-9-19-17(18)21-16(15)22/h4-7,9,11,13H,2-3,8,10H2,1H3,(H2,18,19,21)/t13-/m1/s1. The van der Waals surface area contributed by atoms with Crippen LogP contribution in [-0.4, -0.2) is 44.8 Å². The molecule has 8 nitrogen and oxygen atoms in total. The molecule has 9 heteroatoms. The van der Waals surface area contributed by atoms with Crippen molar-refractivity contribution in [2.24, 2.45) is 0 Å². The predicted octanol–water partition coefficient (Wildman–Crippen LogP) is 1.57. The third-order valence-electron chi connectivity index (χ3n) is 4.74. The summed E-state index contributed by atoms with van der Waals surface area (Å²) in [6, 6.07) is 6.83. The van der Waals surface area contributed by atoms with Crippen molar-refractivity contribution in [2.75, 3.05) is 12.3 Å². The fraction of sp³-hybridized carbons (Fsp3) is 0.353. The third kappa shape index (κ3) is 2.93. The van der Waals surface area contributed by atoms with Crippen molar-refractivity contribution in [3.05, 3.63) is 42.4 Å². The highest BCUT2D eigenvalue weighted by Crippen LogP contribution is 2.28. The van der Waals surface area contributed by atoms with E-state index in [0.29, 0.717) is 29.1 Å². The lowest BCUT2D eigenvalue weighted by atomic mass is 10.2. The maximum atomic E-state index is 13.1. The molecule has 3 aromatic rings. The molecule has 0 unspecified atom stereocenters. The number of hydrogen-bond donors (Lipinski definition) is 1. The number of anilines is 1. The fourth-order valence-corrected chi connectivity index (χ4v) is 5.07. The monoisotopic (exact) mass is 372 g/mol. The number of sulfonamides is 1. The van der Waals surface area contributed by atoms with Crippen LogP contribution in [0.2, 0.25) is 0 Å². The first-order valence-electron chi connectivity index (χ1n) is 8.47. The predicted molar refractivity (Wildman–Crippen MR) is 97.8 cm³/mol. The lowest BCUT2D eigenvalue weighted by Crippen LogP contribution is -2.38. The fourth-order valence-electron chi connectivity index (χ4n) is 3.38. The number of aryl methyl sites for hydroxylation is 1. The summed E-state index contributed by atoms with van der Waals surface area (Å²) in [4.78, 5) is 12.8. The summed E-state index contributed by atoms with van der Waals surface area (Å²) in [5, 5.41) is 0. The minimum absolute atomic E-state index is 0.144. The Balaban J connectivity index is 1.64. The van der Waals surface area contributed by atoms with Gasteiger partial charge in [0.2, 0.25) is 16.0 Å². The lowest BCUT2D eigenvalue weighted by Gasteiger charge is -2.24. The normalized spacial score (nSPS) is 18.6. The molecular formula is C17H20N6O2S. The number of fused-ring (bicyclic) bond motifs is 1. The summed E-state index contributed by atoms with van der Waals surface area (Å²) in [7, 11) is -3.53. The van der Waals surface area contributed by atoms with Gasteiger partial charge in [0.05, 0.1) is 17.4 Å². The molecule has 0 amide bonds. The van der Waals surface area contributed by atoms with Crippen LogP contribution in [0.1, 0.15) is 18.4 Å². The Morgan fingerprint density at radius 2 is 2.00 bits per heavy atom. The van der Waals surface area contributed by atoms with E-state index < -0.39 is 10.0 Å². The highest BCUT2D eigenvalue weighted by molar-refractivity contribution is 7.89. The van der Waals surface area contributed by atoms with Crippen LogP contribution in [0.5, 0.6) is 0 Å². The van der Waals surface area contributed by atoms with Gasteiger partial charge >= 0.3 is 0 Å². The Morgan fingerprint density at radius 3 is 2.77 bits per heavy atom. The van der Waals surface area contributed by atoms with Crippen LogP contribution in [0, 0.1) is 6.92 Å². The second-order valence-corrected chi connectivity index (χ2v) is 8.45. The average molecular weight is 372 g/mol. The van der Waals surface area contributed by atoms with Crippen LogP contribution in [0.15, 0.2) is 41.7 Å². The molecule has 1 atom stereocenters. The highest BCUT2D eigenvalue weighted by Gasteiger charge is 2.35.